The van der Waals surface area contributed by atoms with Crippen LogP contribution in [0.2, 0.25) is 0 Å². The highest BCUT2D eigenvalue weighted by molar-refractivity contribution is 5.82. The van der Waals surface area contributed by atoms with Crippen LogP contribution in [-0.4, -0.2) is 24.5 Å². The molecule has 0 aromatic rings. The Morgan fingerprint density at radius 2 is 1.94 bits per heavy atom. The Labute approximate surface area is 105 Å². The molecule has 1 heterocycles. The molecule has 4 atom stereocenters. The molecule has 2 fully saturated rings. The summed E-state index contributed by atoms with van der Waals surface area (Å²) in [6, 6.07) is 0.461. The van der Waals surface area contributed by atoms with Gasteiger partial charge in [0.1, 0.15) is 0 Å². The monoisotopic (exact) mass is 238 g/mol. The van der Waals surface area contributed by atoms with Crippen molar-refractivity contribution in [2.24, 2.45) is 11.8 Å². The molecular formula is C14H26N2O. The lowest BCUT2D eigenvalue weighted by atomic mass is 9.97. The number of nitrogens with one attached hydrogen (secondary N) is 2. The van der Waals surface area contributed by atoms with E-state index in [0.29, 0.717) is 12.0 Å². The SMILES string of the molecule is CC1CCC(NC(=O)C2CCCCCN2)C1C. The zero-order valence-electron chi connectivity index (χ0n) is 11.2. The second kappa shape index (κ2) is 5.85. The van der Waals surface area contributed by atoms with Gasteiger partial charge < -0.3 is 10.6 Å². The van der Waals surface area contributed by atoms with E-state index >= 15 is 0 Å². The first-order valence-corrected chi connectivity index (χ1v) is 7.22. The highest BCUT2D eigenvalue weighted by Gasteiger charge is 2.32. The number of carbonyl (C=O) groups excluding carboxylic acids is 1. The van der Waals surface area contributed by atoms with E-state index in [9.17, 15) is 4.79 Å². The van der Waals surface area contributed by atoms with Crippen LogP contribution >= 0.6 is 0 Å². The van der Waals surface area contributed by atoms with Crippen LogP contribution in [0.1, 0.15) is 52.4 Å². The van der Waals surface area contributed by atoms with E-state index in [1.165, 1.54) is 25.7 Å². The van der Waals surface area contributed by atoms with Gasteiger partial charge in [0.25, 0.3) is 0 Å². The van der Waals surface area contributed by atoms with Crippen molar-refractivity contribution in [1.82, 2.24) is 10.6 Å². The third-order valence-electron chi connectivity index (χ3n) is 4.67. The minimum atomic E-state index is 0.0561. The molecular weight excluding hydrogens is 212 g/mol. The van der Waals surface area contributed by atoms with E-state index in [4.69, 9.17) is 0 Å². The lowest BCUT2D eigenvalue weighted by Gasteiger charge is -2.23. The van der Waals surface area contributed by atoms with Crippen LogP contribution in [0.3, 0.4) is 0 Å². The molecule has 0 aromatic heterocycles. The first-order valence-electron chi connectivity index (χ1n) is 7.22. The summed E-state index contributed by atoms with van der Waals surface area (Å²) in [5.74, 6) is 1.62. The molecule has 2 N–H and O–H groups in total. The number of rotatable bonds is 2. The largest absolute Gasteiger partial charge is 0.352 e. The predicted molar refractivity (Wildman–Crippen MR) is 69.8 cm³/mol. The summed E-state index contributed by atoms with van der Waals surface area (Å²) in [5.41, 5.74) is 0. The van der Waals surface area contributed by atoms with E-state index in [0.717, 1.165) is 25.3 Å². The summed E-state index contributed by atoms with van der Waals surface area (Å²) < 4.78 is 0. The van der Waals surface area contributed by atoms with Gasteiger partial charge in [0, 0.05) is 6.04 Å². The average Bonchev–Trinajstić information content (AvgIpc) is 2.59. The molecule has 3 heteroatoms. The van der Waals surface area contributed by atoms with Crippen LogP contribution in [0.15, 0.2) is 0 Å². The zero-order chi connectivity index (χ0) is 12.3. The van der Waals surface area contributed by atoms with E-state index in [2.05, 4.69) is 24.5 Å². The van der Waals surface area contributed by atoms with Crippen LogP contribution in [0.25, 0.3) is 0 Å². The van der Waals surface area contributed by atoms with Crippen molar-refractivity contribution in [2.45, 2.75) is 64.5 Å². The maximum Gasteiger partial charge on any atom is 0.237 e. The van der Waals surface area contributed by atoms with Crippen LogP contribution in [-0.2, 0) is 4.79 Å². The van der Waals surface area contributed by atoms with E-state index in [1.54, 1.807) is 0 Å². The molecule has 17 heavy (non-hydrogen) atoms. The molecule has 0 aromatic carbocycles. The highest BCUT2D eigenvalue weighted by Crippen LogP contribution is 2.31. The van der Waals surface area contributed by atoms with Gasteiger partial charge in [-0.05, 0) is 44.1 Å². The Bertz CT molecular complexity index is 259. The quantitative estimate of drug-likeness (QED) is 0.773. The molecule has 4 unspecified atom stereocenters. The van der Waals surface area contributed by atoms with Crippen molar-refractivity contribution in [2.75, 3.05) is 6.54 Å². The van der Waals surface area contributed by atoms with Gasteiger partial charge >= 0.3 is 0 Å². The summed E-state index contributed by atoms with van der Waals surface area (Å²) in [7, 11) is 0. The third-order valence-corrected chi connectivity index (χ3v) is 4.67. The number of hydrogen-bond donors (Lipinski definition) is 2. The zero-order valence-corrected chi connectivity index (χ0v) is 11.2. The van der Waals surface area contributed by atoms with Gasteiger partial charge in [-0.3, -0.25) is 4.79 Å². The Balaban J connectivity index is 1.83. The fourth-order valence-corrected chi connectivity index (χ4v) is 3.10. The van der Waals surface area contributed by atoms with Gasteiger partial charge in [0.15, 0.2) is 0 Å². The standard InChI is InChI=1S/C14H26N2O/c1-10-7-8-12(11(10)2)16-14(17)13-6-4-3-5-9-15-13/h10-13,15H,3-9H2,1-2H3,(H,16,17). The van der Waals surface area contributed by atoms with E-state index < -0.39 is 0 Å². The maximum absolute atomic E-state index is 12.2. The molecule has 1 amide bonds. The van der Waals surface area contributed by atoms with Gasteiger partial charge in [-0.15, -0.1) is 0 Å². The number of amides is 1. The van der Waals surface area contributed by atoms with Crippen molar-refractivity contribution < 1.29 is 4.79 Å². The molecule has 1 saturated carbocycles. The number of carbonyl (C=O) groups is 1. The molecule has 1 aliphatic carbocycles. The minimum absolute atomic E-state index is 0.0561. The summed E-state index contributed by atoms with van der Waals surface area (Å²) >= 11 is 0. The van der Waals surface area contributed by atoms with Crippen LogP contribution in [0.5, 0.6) is 0 Å². The highest BCUT2D eigenvalue weighted by atomic mass is 16.2. The topological polar surface area (TPSA) is 41.1 Å². The fraction of sp³-hybridized carbons (Fsp3) is 0.929. The van der Waals surface area contributed by atoms with Gasteiger partial charge in [0.2, 0.25) is 5.91 Å². The lowest BCUT2D eigenvalue weighted by Crippen LogP contribution is -2.48. The van der Waals surface area contributed by atoms with Crippen molar-refractivity contribution in [3.05, 3.63) is 0 Å². The minimum Gasteiger partial charge on any atom is -0.352 e. The molecule has 1 aliphatic heterocycles. The van der Waals surface area contributed by atoms with Crippen LogP contribution < -0.4 is 10.6 Å². The van der Waals surface area contributed by atoms with Gasteiger partial charge in [0.05, 0.1) is 6.04 Å². The van der Waals surface area contributed by atoms with Crippen LogP contribution in [0, 0.1) is 11.8 Å². The molecule has 98 valence electrons. The number of hydrogen-bond acceptors (Lipinski definition) is 2. The average molecular weight is 238 g/mol. The molecule has 0 spiro atoms. The third kappa shape index (κ3) is 3.21. The van der Waals surface area contributed by atoms with E-state index in [-0.39, 0.29) is 11.9 Å². The Kier molecular flexibility index (Phi) is 4.43. The van der Waals surface area contributed by atoms with Gasteiger partial charge in [-0.1, -0.05) is 26.7 Å². The molecule has 0 radical (unpaired) electrons. The molecule has 1 saturated heterocycles. The molecule has 2 aliphatic rings. The Hall–Kier alpha value is -0.570. The smallest absolute Gasteiger partial charge is 0.237 e. The summed E-state index contributed by atoms with van der Waals surface area (Å²) in [5, 5.41) is 6.62. The lowest BCUT2D eigenvalue weighted by molar-refractivity contribution is -0.124. The normalized spacial score (nSPS) is 38.7. The first-order chi connectivity index (χ1) is 8.18. The molecule has 2 rings (SSSR count). The predicted octanol–water partition coefficient (Wildman–Crippen LogP) is 2.07. The summed E-state index contributed by atoms with van der Waals surface area (Å²) in [6.07, 6.45) is 7.06. The van der Waals surface area contributed by atoms with Crippen molar-refractivity contribution in [3.63, 3.8) is 0 Å². The molecule has 3 nitrogen and oxygen atoms in total. The van der Waals surface area contributed by atoms with Gasteiger partial charge in [-0.25, -0.2) is 0 Å². The molecule has 0 bridgehead atoms. The second-order valence-corrected chi connectivity index (χ2v) is 5.88. The van der Waals surface area contributed by atoms with Gasteiger partial charge in [-0.2, -0.15) is 0 Å². The fourth-order valence-electron chi connectivity index (χ4n) is 3.10. The van der Waals surface area contributed by atoms with Crippen LogP contribution in [0.4, 0.5) is 0 Å². The van der Waals surface area contributed by atoms with E-state index in [1.807, 2.05) is 0 Å². The van der Waals surface area contributed by atoms with Crippen molar-refractivity contribution >= 4 is 5.91 Å². The maximum atomic E-state index is 12.2. The Morgan fingerprint density at radius 3 is 2.65 bits per heavy atom. The van der Waals surface area contributed by atoms with Crippen molar-refractivity contribution in [3.8, 4) is 0 Å². The first kappa shape index (κ1) is 12.9. The second-order valence-electron chi connectivity index (χ2n) is 5.88. The Morgan fingerprint density at radius 1 is 1.12 bits per heavy atom. The summed E-state index contributed by atoms with van der Waals surface area (Å²) in [4.78, 5) is 12.2. The van der Waals surface area contributed by atoms with Crippen molar-refractivity contribution in [1.29, 1.82) is 0 Å². The summed E-state index contributed by atoms with van der Waals surface area (Å²) in [6.45, 7) is 5.55.